The van der Waals surface area contributed by atoms with Crippen LogP contribution in [-0.2, 0) is 4.79 Å². The molecule has 0 aromatic carbocycles. The van der Waals surface area contributed by atoms with E-state index in [0.717, 1.165) is 44.9 Å². The Morgan fingerprint density at radius 2 is 1.74 bits per heavy atom. The van der Waals surface area contributed by atoms with Crippen molar-refractivity contribution in [3.05, 3.63) is 34.8 Å². The van der Waals surface area contributed by atoms with Crippen LogP contribution in [0, 0.1) is 57.3 Å². The van der Waals surface area contributed by atoms with E-state index in [2.05, 4.69) is 45.5 Å². The number of aliphatic hydroxyl groups is 2. The average molecular weight is 466 g/mol. The largest absolute Gasteiger partial charge is 0.396 e. The van der Waals surface area contributed by atoms with Crippen molar-refractivity contribution < 1.29 is 15.0 Å². The fraction of sp³-hybridized carbons (Fsp3) is 0.800. The molecule has 0 saturated heterocycles. The summed E-state index contributed by atoms with van der Waals surface area (Å²) in [5.74, 6) is 0.410. The van der Waals surface area contributed by atoms with Gasteiger partial charge in [0, 0.05) is 17.9 Å². The SMILES string of the molecule is [C-]#[N+]C1=C[C@]2(C)C3=C[C@@H](O)[C@@H]4[C@@H]5CC(C)(C)CC[C@]5(CO)CC[C@@]4(C)[C@]3(C)CC[C@H]2[C@H](C)C1=O. The van der Waals surface area contributed by atoms with Crippen LogP contribution in [0.5, 0.6) is 0 Å². The van der Waals surface area contributed by atoms with Gasteiger partial charge >= 0.3 is 0 Å². The number of Topliss-reactive ketones (excluding diaryl/α,β-unsaturated/α-hetero) is 1. The minimum atomic E-state index is -0.563. The Labute approximate surface area is 205 Å². The Morgan fingerprint density at radius 1 is 1.06 bits per heavy atom. The molecule has 5 rings (SSSR count). The van der Waals surface area contributed by atoms with E-state index < -0.39 is 6.10 Å². The summed E-state index contributed by atoms with van der Waals surface area (Å²) in [7, 11) is 0. The number of rotatable bonds is 1. The van der Waals surface area contributed by atoms with Crippen LogP contribution < -0.4 is 0 Å². The Hall–Kier alpha value is -1.44. The Kier molecular flexibility index (Phi) is 5.21. The molecule has 0 aliphatic heterocycles. The van der Waals surface area contributed by atoms with Gasteiger partial charge in [-0.15, -0.1) is 0 Å². The highest BCUT2D eigenvalue weighted by Crippen LogP contribution is 2.74. The molecule has 186 valence electrons. The van der Waals surface area contributed by atoms with Gasteiger partial charge < -0.3 is 15.0 Å². The van der Waals surface area contributed by atoms with E-state index in [4.69, 9.17) is 6.57 Å². The van der Waals surface area contributed by atoms with Crippen molar-refractivity contribution in [2.75, 3.05) is 6.61 Å². The second-order valence-electron chi connectivity index (χ2n) is 14.1. The summed E-state index contributed by atoms with van der Waals surface area (Å²) in [5, 5.41) is 22.5. The first-order valence-corrected chi connectivity index (χ1v) is 13.4. The molecule has 0 heterocycles. The maximum absolute atomic E-state index is 12.9. The first kappa shape index (κ1) is 24.3. The third-order valence-corrected chi connectivity index (χ3v) is 12.2. The van der Waals surface area contributed by atoms with Gasteiger partial charge in [-0.1, -0.05) is 59.3 Å². The minimum Gasteiger partial charge on any atom is -0.396 e. The van der Waals surface area contributed by atoms with Gasteiger partial charge in [0.25, 0.3) is 0 Å². The molecule has 4 nitrogen and oxygen atoms in total. The normalized spacial score (nSPS) is 51.6. The molecule has 2 N–H and O–H groups in total. The van der Waals surface area contributed by atoms with E-state index in [1.165, 1.54) is 5.57 Å². The van der Waals surface area contributed by atoms with E-state index in [0.29, 0.717) is 5.92 Å². The van der Waals surface area contributed by atoms with Gasteiger partial charge in [-0.2, -0.15) is 0 Å². The zero-order chi connectivity index (χ0) is 24.9. The van der Waals surface area contributed by atoms with Gasteiger partial charge in [0.1, 0.15) is 0 Å². The van der Waals surface area contributed by atoms with Crippen molar-refractivity contribution in [3.8, 4) is 0 Å². The lowest BCUT2D eigenvalue weighted by molar-refractivity contribution is -0.193. The number of ketones is 1. The third-order valence-electron chi connectivity index (χ3n) is 12.2. The second-order valence-corrected chi connectivity index (χ2v) is 14.1. The number of carbonyl (C=O) groups is 1. The van der Waals surface area contributed by atoms with Crippen molar-refractivity contribution in [3.63, 3.8) is 0 Å². The molecular weight excluding hydrogens is 422 g/mol. The molecule has 5 aliphatic rings. The summed E-state index contributed by atoms with van der Waals surface area (Å²) in [6.45, 7) is 21.6. The van der Waals surface area contributed by atoms with Gasteiger partial charge in [-0.25, -0.2) is 4.85 Å². The molecule has 3 fully saturated rings. The van der Waals surface area contributed by atoms with E-state index in [1.807, 2.05) is 13.0 Å². The summed E-state index contributed by atoms with van der Waals surface area (Å²) >= 11 is 0. The monoisotopic (exact) mass is 465 g/mol. The number of nitrogens with zero attached hydrogens (tertiary/aromatic N) is 1. The molecule has 0 spiro atoms. The lowest BCUT2D eigenvalue weighted by Crippen LogP contribution is -2.65. The van der Waals surface area contributed by atoms with Crippen LogP contribution in [-0.4, -0.2) is 28.7 Å². The van der Waals surface area contributed by atoms with E-state index in [9.17, 15) is 15.0 Å². The molecule has 0 amide bonds. The standard InChI is InChI=1S/C30H43NO3/c1-18-19-8-9-28(5)23(27(19,4)16-21(31-7)25(18)34)14-22(33)24-20-15-26(2,3)10-12-30(20,17-32)13-11-29(24,28)6/h14,16,18-20,22,24,32-33H,8-13,15,17H2,1-6H3/t18-,19-,20-,22+,24-,27-,28+,29+,30+/m0/s1. The zero-order valence-corrected chi connectivity index (χ0v) is 21.9. The van der Waals surface area contributed by atoms with Crippen LogP contribution in [0.4, 0.5) is 0 Å². The van der Waals surface area contributed by atoms with Gasteiger partial charge in [-0.05, 0) is 84.4 Å². The van der Waals surface area contributed by atoms with Crippen molar-refractivity contribution in [2.45, 2.75) is 92.6 Å². The Balaban J connectivity index is 1.67. The van der Waals surface area contributed by atoms with Crippen LogP contribution >= 0.6 is 0 Å². The summed E-state index contributed by atoms with van der Waals surface area (Å²) in [4.78, 5) is 16.5. The summed E-state index contributed by atoms with van der Waals surface area (Å²) < 4.78 is 0. The number of aliphatic hydroxyl groups excluding tert-OH is 2. The smallest absolute Gasteiger partial charge is 0.226 e. The van der Waals surface area contributed by atoms with Crippen LogP contribution in [0.3, 0.4) is 0 Å². The molecular formula is C30H43NO3. The number of allylic oxidation sites excluding steroid dienone is 3. The summed E-state index contributed by atoms with van der Waals surface area (Å²) in [5.41, 5.74) is 1.11. The van der Waals surface area contributed by atoms with E-state index in [1.54, 1.807) is 0 Å². The molecule has 3 saturated carbocycles. The fourth-order valence-electron chi connectivity index (χ4n) is 9.87. The first-order valence-electron chi connectivity index (χ1n) is 13.4. The highest BCUT2D eigenvalue weighted by Gasteiger charge is 2.68. The van der Waals surface area contributed by atoms with Crippen molar-refractivity contribution in [1.29, 1.82) is 0 Å². The van der Waals surface area contributed by atoms with Gasteiger partial charge in [-0.3, -0.25) is 0 Å². The highest BCUT2D eigenvalue weighted by atomic mass is 16.3. The summed E-state index contributed by atoms with van der Waals surface area (Å²) in [6, 6.07) is 0. The molecule has 34 heavy (non-hydrogen) atoms. The lowest BCUT2D eigenvalue weighted by atomic mass is 9.34. The fourth-order valence-corrected chi connectivity index (χ4v) is 9.87. The Morgan fingerprint density at radius 3 is 2.38 bits per heavy atom. The van der Waals surface area contributed by atoms with Crippen LogP contribution in [0.25, 0.3) is 4.85 Å². The van der Waals surface area contributed by atoms with E-state index >= 15 is 0 Å². The molecule has 0 aromatic rings. The zero-order valence-electron chi connectivity index (χ0n) is 21.9. The number of fused-ring (bicyclic) bond motifs is 7. The summed E-state index contributed by atoms with van der Waals surface area (Å²) in [6.07, 6.45) is 10.8. The predicted octanol–water partition coefficient (Wildman–Crippen LogP) is 5.95. The topological polar surface area (TPSA) is 61.9 Å². The minimum absolute atomic E-state index is 0.0167. The Bertz CT molecular complexity index is 1020. The van der Waals surface area contributed by atoms with Crippen LogP contribution in [0.1, 0.15) is 86.5 Å². The van der Waals surface area contributed by atoms with Crippen LogP contribution in [0.2, 0.25) is 0 Å². The maximum atomic E-state index is 12.9. The van der Waals surface area contributed by atoms with Crippen molar-refractivity contribution >= 4 is 5.78 Å². The molecule has 5 aliphatic carbocycles. The van der Waals surface area contributed by atoms with Gasteiger partial charge in [0.05, 0.1) is 12.7 Å². The van der Waals surface area contributed by atoms with Gasteiger partial charge in [0.2, 0.25) is 5.70 Å². The molecule has 9 atom stereocenters. The number of hydrogen-bond donors (Lipinski definition) is 2. The lowest BCUT2D eigenvalue weighted by Gasteiger charge is -2.70. The van der Waals surface area contributed by atoms with E-state index in [-0.39, 0.29) is 62.9 Å². The molecule has 0 unspecified atom stereocenters. The van der Waals surface area contributed by atoms with Crippen molar-refractivity contribution in [1.82, 2.24) is 0 Å². The van der Waals surface area contributed by atoms with Crippen molar-refractivity contribution in [2.24, 2.45) is 50.7 Å². The highest BCUT2D eigenvalue weighted by molar-refractivity contribution is 6.00. The molecule has 4 heteroatoms. The third kappa shape index (κ3) is 2.86. The molecule has 0 bridgehead atoms. The average Bonchev–Trinajstić information content (AvgIpc) is 2.77. The molecule has 0 aromatic heterocycles. The quantitative estimate of drug-likeness (QED) is 0.371. The van der Waals surface area contributed by atoms with Crippen LogP contribution in [0.15, 0.2) is 23.4 Å². The molecule has 0 radical (unpaired) electrons. The predicted molar refractivity (Wildman–Crippen MR) is 133 cm³/mol. The number of hydrogen-bond acceptors (Lipinski definition) is 3. The second kappa shape index (κ2) is 7.30. The number of carbonyl (C=O) groups excluding carboxylic acids is 1. The van der Waals surface area contributed by atoms with Gasteiger partial charge in [0.15, 0.2) is 5.78 Å². The maximum Gasteiger partial charge on any atom is 0.226 e. The first-order chi connectivity index (χ1) is 15.8.